The minimum absolute atomic E-state index is 0.126. The number of hydrogen-bond acceptors (Lipinski definition) is 7. The second-order valence-electron chi connectivity index (χ2n) is 6.29. The van der Waals surface area contributed by atoms with E-state index in [0.29, 0.717) is 5.56 Å². The maximum Gasteiger partial charge on any atom is 0.338 e. The van der Waals surface area contributed by atoms with Crippen molar-refractivity contribution in [2.24, 2.45) is 5.11 Å². The Morgan fingerprint density at radius 2 is 2.00 bits per heavy atom. The average Bonchev–Trinajstić information content (AvgIpc) is 2.93. The predicted octanol–water partition coefficient (Wildman–Crippen LogP) is 1.76. The highest BCUT2D eigenvalue weighted by molar-refractivity contribution is 5.89. The zero-order chi connectivity index (χ0) is 18.0. The largest absolute Gasteiger partial charge is 0.459 e. The Hall–Kier alpha value is -2.16. The summed E-state index contributed by atoms with van der Waals surface area (Å²) in [6, 6.07) is 8.53. The second kappa shape index (κ2) is 6.99. The van der Waals surface area contributed by atoms with Gasteiger partial charge in [-0.2, -0.15) is 0 Å². The number of azide groups is 1. The summed E-state index contributed by atoms with van der Waals surface area (Å²) in [5, 5.41) is 13.7. The van der Waals surface area contributed by atoms with Gasteiger partial charge in [-0.25, -0.2) is 4.79 Å². The molecule has 0 unspecified atom stereocenters. The number of benzene rings is 1. The topological polar surface area (TPSA) is 123 Å². The number of hydrogen-bond donors (Lipinski definition) is 1. The fourth-order valence-electron chi connectivity index (χ4n) is 2.96. The summed E-state index contributed by atoms with van der Waals surface area (Å²) in [6.45, 7) is 3.28. The molecule has 3 rings (SSSR count). The lowest BCUT2D eigenvalue weighted by Crippen LogP contribution is -2.56. The van der Waals surface area contributed by atoms with Crippen LogP contribution in [0.4, 0.5) is 0 Å². The summed E-state index contributed by atoms with van der Waals surface area (Å²) in [5.74, 6) is -1.45. The predicted molar refractivity (Wildman–Crippen MR) is 84.4 cm³/mol. The van der Waals surface area contributed by atoms with Gasteiger partial charge in [-0.3, -0.25) is 0 Å². The third kappa shape index (κ3) is 3.76. The molecule has 2 aliphatic heterocycles. The van der Waals surface area contributed by atoms with Crippen molar-refractivity contribution in [3.63, 3.8) is 0 Å². The van der Waals surface area contributed by atoms with Crippen molar-refractivity contribution in [3.8, 4) is 0 Å². The zero-order valence-corrected chi connectivity index (χ0v) is 13.8. The highest BCUT2D eigenvalue weighted by Crippen LogP contribution is 2.37. The van der Waals surface area contributed by atoms with Gasteiger partial charge in [0.2, 0.25) is 0 Å². The monoisotopic (exact) mass is 349 g/mol. The van der Waals surface area contributed by atoms with Crippen molar-refractivity contribution in [1.29, 1.82) is 0 Å². The van der Waals surface area contributed by atoms with Gasteiger partial charge < -0.3 is 24.1 Å². The molecule has 1 aromatic rings. The summed E-state index contributed by atoms with van der Waals surface area (Å²) >= 11 is 0. The first-order valence-corrected chi connectivity index (χ1v) is 7.87. The van der Waals surface area contributed by atoms with Crippen molar-refractivity contribution in [2.75, 3.05) is 6.61 Å². The van der Waals surface area contributed by atoms with Gasteiger partial charge in [0.15, 0.2) is 12.0 Å². The normalized spacial score (nSPS) is 33.2. The third-order valence-electron chi connectivity index (χ3n) is 4.03. The fraction of sp³-hybridized carbons (Fsp3) is 0.562. The number of carbonyl (C=O) groups is 1. The number of rotatable bonds is 4. The molecule has 9 heteroatoms. The van der Waals surface area contributed by atoms with Crippen LogP contribution in [-0.4, -0.2) is 54.1 Å². The van der Waals surface area contributed by atoms with E-state index in [9.17, 15) is 9.90 Å². The summed E-state index contributed by atoms with van der Waals surface area (Å²) in [6.07, 6.45) is -4.47. The molecule has 9 nitrogen and oxygen atoms in total. The molecule has 0 saturated carbocycles. The summed E-state index contributed by atoms with van der Waals surface area (Å²) in [5.41, 5.74) is 9.05. The van der Waals surface area contributed by atoms with Crippen LogP contribution in [0.2, 0.25) is 0 Å². The molecule has 0 amide bonds. The minimum Gasteiger partial charge on any atom is -0.459 e. The molecule has 0 spiro atoms. The molecule has 25 heavy (non-hydrogen) atoms. The molecule has 2 fully saturated rings. The van der Waals surface area contributed by atoms with Crippen molar-refractivity contribution in [3.05, 3.63) is 46.3 Å². The fourth-order valence-corrected chi connectivity index (χ4v) is 2.96. The molecule has 5 atom stereocenters. The van der Waals surface area contributed by atoms with Crippen LogP contribution in [0.3, 0.4) is 0 Å². The van der Waals surface area contributed by atoms with E-state index in [1.165, 1.54) is 0 Å². The summed E-state index contributed by atoms with van der Waals surface area (Å²) in [4.78, 5) is 14.8. The van der Waals surface area contributed by atoms with E-state index >= 15 is 0 Å². The Labute approximate surface area is 144 Å². The van der Waals surface area contributed by atoms with E-state index in [-0.39, 0.29) is 6.61 Å². The third-order valence-corrected chi connectivity index (χ3v) is 4.03. The molecule has 0 aliphatic carbocycles. The van der Waals surface area contributed by atoms with E-state index in [0.717, 1.165) is 0 Å². The molecular formula is C16H19N3O6. The average molecular weight is 349 g/mol. The maximum atomic E-state index is 12.1. The van der Waals surface area contributed by atoms with Crippen LogP contribution in [0.1, 0.15) is 24.2 Å². The smallest absolute Gasteiger partial charge is 0.338 e. The number of nitrogens with zero attached hydrogens (tertiary/aromatic N) is 3. The molecule has 1 aromatic carbocycles. The van der Waals surface area contributed by atoms with Crippen LogP contribution in [-0.2, 0) is 18.9 Å². The lowest BCUT2D eigenvalue weighted by Gasteiger charge is -2.37. The Kier molecular flexibility index (Phi) is 4.94. The van der Waals surface area contributed by atoms with E-state index < -0.39 is 42.4 Å². The van der Waals surface area contributed by atoms with Crippen molar-refractivity contribution >= 4 is 5.97 Å². The first-order valence-electron chi connectivity index (χ1n) is 7.87. The van der Waals surface area contributed by atoms with Crippen LogP contribution in [0.25, 0.3) is 10.4 Å². The Bertz CT molecular complexity index is 676. The molecule has 0 bridgehead atoms. The first kappa shape index (κ1) is 17.7. The number of ether oxygens (including phenoxy) is 4. The summed E-state index contributed by atoms with van der Waals surface area (Å²) in [7, 11) is 0. The highest BCUT2D eigenvalue weighted by atomic mass is 16.8. The maximum absolute atomic E-state index is 12.1. The zero-order valence-electron chi connectivity index (χ0n) is 13.8. The Balaban J connectivity index is 1.72. The van der Waals surface area contributed by atoms with E-state index in [1.807, 2.05) is 0 Å². The van der Waals surface area contributed by atoms with Gasteiger partial charge in [0.05, 0.1) is 5.56 Å². The number of aliphatic hydroxyl groups is 1. The van der Waals surface area contributed by atoms with Gasteiger partial charge in [0.25, 0.3) is 0 Å². The second-order valence-corrected chi connectivity index (χ2v) is 6.29. The molecule has 134 valence electrons. The SMILES string of the molecule is CC1(C)O[C@@H]2[C@@H](O)[C@H](N=[N+]=[N-])O[C@H](COC(=O)c3ccccc3)[C@@H]2O1. The first-order chi connectivity index (χ1) is 11.9. The number of aliphatic hydroxyl groups excluding tert-OH is 1. The van der Waals surface area contributed by atoms with E-state index in [2.05, 4.69) is 10.0 Å². The number of fused-ring (bicyclic) bond motifs is 1. The van der Waals surface area contributed by atoms with Crippen LogP contribution in [0.15, 0.2) is 35.4 Å². The van der Waals surface area contributed by atoms with Crippen molar-refractivity contribution in [2.45, 2.75) is 50.3 Å². The lowest BCUT2D eigenvalue weighted by molar-refractivity contribution is -0.193. The highest BCUT2D eigenvalue weighted by Gasteiger charge is 2.54. The van der Waals surface area contributed by atoms with Crippen molar-refractivity contribution < 1.29 is 28.8 Å². The van der Waals surface area contributed by atoms with Gasteiger partial charge in [-0.05, 0) is 31.5 Å². The van der Waals surface area contributed by atoms with E-state index in [1.54, 1.807) is 44.2 Å². The number of esters is 1. The Morgan fingerprint density at radius 3 is 2.68 bits per heavy atom. The molecule has 0 aromatic heterocycles. The molecule has 2 aliphatic rings. The van der Waals surface area contributed by atoms with Crippen molar-refractivity contribution in [1.82, 2.24) is 0 Å². The number of carbonyl (C=O) groups excluding carboxylic acids is 1. The van der Waals surface area contributed by atoms with Crippen LogP contribution >= 0.6 is 0 Å². The van der Waals surface area contributed by atoms with Crippen LogP contribution < -0.4 is 0 Å². The molecule has 1 N–H and O–H groups in total. The Morgan fingerprint density at radius 1 is 1.32 bits per heavy atom. The van der Waals surface area contributed by atoms with Gasteiger partial charge in [0.1, 0.15) is 31.0 Å². The minimum atomic E-state index is -1.18. The lowest BCUT2D eigenvalue weighted by atomic mass is 9.99. The molecular weight excluding hydrogens is 330 g/mol. The summed E-state index contributed by atoms with van der Waals surface area (Å²) < 4.78 is 22.3. The van der Waals surface area contributed by atoms with Gasteiger partial charge >= 0.3 is 5.97 Å². The standard InChI is InChI=1S/C16H19N3O6/c1-16(2)24-12-10(8-22-15(21)9-6-4-3-5-7-9)23-14(18-19-17)11(20)13(12)25-16/h3-7,10-14,20H,8H2,1-2H3/t10-,11-,12+,13-,14-/m1/s1. The molecule has 0 radical (unpaired) electrons. The van der Waals surface area contributed by atoms with Crippen LogP contribution in [0.5, 0.6) is 0 Å². The van der Waals surface area contributed by atoms with Crippen LogP contribution in [0, 0.1) is 0 Å². The van der Waals surface area contributed by atoms with Gasteiger partial charge in [-0.1, -0.05) is 23.3 Å². The molecule has 2 saturated heterocycles. The van der Waals surface area contributed by atoms with Gasteiger partial charge in [0, 0.05) is 4.91 Å². The molecule has 2 heterocycles. The van der Waals surface area contributed by atoms with Gasteiger partial charge in [-0.15, -0.1) is 0 Å². The quantitative estimate of drug-likeness (QED) is 0.382. The van der Waals surface area contributed by atoms with E-state index in [4.69, 9.17) is 24.5 Å².